The van der Waals surface area contributed by atoms with E-state index in [1.807, 2.05) is 12.1 Å². The van der Waals surface area contributed by atoms with E-state index in [0.29, 0.717) is 0 Å². The minimum atomic E-state index is 0.998. The zero-order valence-electron chi connectivity index (χ0n) is 12.1. The van der Waals surface area contributed by atoms with Crippen molar-refractivity contribution in [2.45, 2.75) is 25.7 Å². The first-order chi connectivity index (χ1) is 9.56. The first kappa shape index (κ1) is 13.3. The van der Waals surface area contributed by atoms with Gasteiger partial charge in [0.2, 0.25) is 0 Å². The molecule has 20 heavy (non-hydrogen) atoms. The second-order valence-corrected chi connectivity index (χ2v) is 5.96. The molecule has 0 nitrogen and oxygen atoms in total. The average Bonchev–Trinajstić information content (AvgIpc) is 2.66. The van der Waals surface area contributed by atoms with Crippen LogP contribution in [0.1, 0.15) is 36.1 Å². The second kappa shape index (κ2) is 4.99. The predicted octanol–water partition coefficient (Wildman–Crippen LogP) is 5.63. The number of allylic oxidation sites excluding steroid dienone is 3. The van der Waals surface area contributed by atoms with E-state index in [-0.39, 0.29) is 0 Å². The number of hydrogen-bond acceptors (Lipinski definition) is 1. The highest BCUT2D eigenvalue weighted by Gasteiger charge is 2.20. The van der Waals surface area contributed by atoms with Crippen molar-refractivity contribution in [3.63, 3.8) is 0 Å². The van der Waals surface area contributed by atoms with Gasteiger partial charge in [0.05, 0.1) is 0 Å². The smallest absolute Gasteiger partial charge is 0.00403 e. The molecule has 100 valence electrons. The number of fused-ring (bicyclic) bond motifs is 1. The number of thiol groups is 1. The third-order valence-corrected chi connectivity index (χ3v) is 4.34. The van der Waals surface area contributed by atoms with Crippen LogP contribution in [0.2, 0.25) is 0 Å². The molecule has 0 bridgehead atoms. The summed E-state index contributed by atoms with van der Waals surface area (Å²) in [6.07, 6.45) is 2.27. The van der Waals surface area contributed by atoms with Gasteiger partial charge in [-0.25, -0.2) is 0 Å². The van der Waals surface area contributed by atoms with E-state index >= 15 is 0 Å². The maximum Gasteiger partial charge on any atom is 0.00403 e. The third kappa shape index (κ3) is 2.23. The van der Waals surface area contributed by atoms with Crippen LogP contribution in [0, 0.1) is 6.92 Å². The van der Waals surface area contributed by atoms with Gasteiger partial charge < -0.3 is 0 Å². The van der Waals surface area contributed by atoms with Crippen LogP contribution >= 0.6 is 12.6 Å². The van der Waals surface area contributed by atoms with Gasteiger partial charge in [0, 0.05) is 4.90 Å². The van der Waals surface area contributed by atoms with Gasteiger partial charge in [-0.1, -0.05) is 35.9 Å². The van der Waals surface area contributed by atoms with Crippen molar-refractivity contribution in [3.8, 4) is 0 Å². The molecule has 1 heteroatoms. The topological polar surface area (TPSA) is 0 Å². The van der Waals surface area contributed by atoms with E-state index in [2.05, 4.69) is 69.8 Å². The maximum absolute atomic E-state index is 4.34. The largest absolute Gasteiger partial charge is 0.143 e. The minimum Gasteiger partial charge on any atom is -0.143 e. The quantitative estimate of drug-likeness (QED) is 0.642. The molecular weight excluding hydrogens is 260 g/mol. The summed E-state index contributed by atoms with van der Waals surface area (Å²) in [5.74, 6) is 0. The summed E-state index contributed by atoms with van der Waals surface area (Å²) >= 11 is 4.34. The van der Waals surface area contributed by atoms with Crippen molar-refractivity contribution in [3.05, 3.63) is 70.3 Å². The number of benzene rings is 2. The van der Waals surface area contributed by atoms with Gasteiger partial charge in [-0.05, 0) is 72.4 Å². The van der Waals surface area contributed by atoms with Crippen molar-refractivity contribution in [1.29, 1.82) is 0 Å². The van der Waals surface area contributed by atoms with Gasteiger partial charge >= 0.3 is 0 Å². The van der Waals surface area contributed by atoms with E-state index in [0.717, 1.165) is 4.90 Å². The van der Waals surface area contributed by atoms with Crippen molar-refractivity contribution < 1.29 is 0 Å². The zero-order chi connectivity index (χ0) is 14.3. The summed E-state index contributed by atoms with van der Waals surface area (Å²) < 4.78 is 0. The van der Waals surface area contributed by atoms with E-state index in [1.54, 1.807) is 0 Å². The number of rotatable bonds is 1. The van der Waals surface area contributed by atoms with Crippen molar-refractivity contribution in [2.75, 3.05) is 0 Å². The van der Waals surface area contributed by atoms with Crippen LogP contribution in [0.5, 0.6) is 0 Å². The number of aryl methyl sites for hydroxylation is 1. The molecule has 0 atom stereocenters. The van der Waals surface area contributed by atoms with Crippen LogP contribution < -0.4 is 0 Å². The molecule has 1 aliphatic carbocycles. The zero-order valence-corrected chi connectivity index (χ0v) is 13.0. The molecule has 0 fully saturated rings. The van der Waals surface area contributed by atoms with Crippen LogP contribution in [0.15, 0.2) is 52.9 Å². The second-order valence-electron chi connectivity index (χ2n) is 5.45. The lowest BCUT2D eigenvalue weighted by Crippen LogP contribution is -1.85. The fraction of sp³-hybridized carbons (Fsp3) is 0.158. The first-order valence-corrected chi connectivity index (χ1v) is 7.31. The fourth-order valence-corrected chi connectivity index (χ4v) is 2.88. The van der Waals surface area contributed by atoms with Gasteiger partial charge in [0.1, 0.15) is 0 Å². The highest BCUT2D eigenvalue weighted by molar-refractivity contribution is 7.80. The summed E-state index contributed by atoms with van der Waals surface area (Å²) in [6.45, 7) is 6.57. The molecule has 0 amide bonds. The SMILES string of the molecule is CC1=C(C)c2cc(C)ccc2/C1=C\c1ccc(S)cc1. The van der Waals surface area contributed by atoms with E-state index < -0.39 is 0 Å². The molecule has 0 N–H and O–H groups in total. The van der Waals surface area contributed by atoms with E-state index in [9.17, 15) is 0 Å². The molecule has 0 unspecified atom stereocenters. The Morgan fingerprint density at radius 1 is 0.800 bits per heavy atom. The molecule has 2 aromatic carbocycles. The average molecular weight is 278 g/mol. The van der Waals surface area contributed by atoms with Gasteiger partial charge in [0.25, 0.3) is 0 Å². The minimum absolute atomic E-state index is 0.998. The Kier molecular flexibility index (Phi) is 3.31. The Labute approximate surface area is 126 Å². The maximum atomic E-state index is 4.34. The lowest BCUT2D eigenvalue weighted by atomic mass is 9.99. The van der Waals surface area contributed by atoms with Gasteiger partial charge in [-0.3, -0.25) is 0 Å². The Morgan fingerprint density at radius 3 is 2.20 bits per heavy atom. The molecule has 0 spiro atoms. The molecule has 0 saturated carbocycles. The predicted molar refractivity (Wildman–Crippen MR) is 91.0 cm³/mol. The van der Waals surface area contributed by atoms with Gasteiger partial charge in [-0.15, -0.1) is 12.6 Å². The highest BCUT2D eigenvalue weighted by Crippen LogP contribution is 2.42. The van der Waals surface area contributed by atoms with Crippen molar-refractivity contribution in [1.82, 2.24) is 0 Å². The van der Waals surface area contributed by atoms with Crippen molar-refractivity contribution >= 4 is 29.9 Å². The highest BCUT2D eigenvalue weighted by atomic mass is 32.1. The normalized spacial score (nSPS) is 15.9. The molecule has 2 aromatic rings. The molecule has 0 saturated heterocycles. The summed E-state index contributed by atoms with van der Waals surface area (Å²) in [5.41, 5.74) is 9.36. The molecule has 0 radical (unpaired) electrons. The van der Waals surface area contributed by atoms with Crippen LogP contribution in [0.25, 0.3) is 17.2 Å². The van der Waals surface area contributed by atoms with Crippen molar-refractivity contribution in [2.24, 2.45) is 0 Å². The molecule has 0 heterocycles. The van der Waals surface area contributed by atoms with Gasteiger partial charge in [-0.2, -0.15) is 0 Å². The number of hydrogen-bond donors (Lipinski definition) is 1. The molecular formula is C19H18S. The summed E-state index contributed by atoms with van der Waals surface area (Å²) in [7, 11) is 0. The van der Waals surface area contributed by atoms with E-state index in [1.165, 1.54) is 39.0 Å². The standard InChI is InChI=1S/C19H18S/c1-12-4-9-17-18(10-12)13(2)14(3)19(17)11-15-5-7-16(20)8-6-15/h4-11,20H,1-3H3/b19-11-. The summed E-state index contributed by atoms with van der Waals surface area (Å²) in [4.78, 5) is 0.998. The summed E-state index contributed by atoms with van der Waals surface area (Å²) in [6, 6.07) is 15.0. The first-order valence-electron chi connectivity index (χ1n) is 6.86. The molecule has 3 rings (SSSR count). The van der Waals surface area contributed by atoms with E-state index in [4.69, 9.17) is 0 Å². The monoisotopic (exact) mass is 278 g/mol. The Morgan fingerprint density at radius 2 is 1.50 bits per heavy atom. The van der Waals surface area contributed by atoms with Gasteiger partial charge in [0.15, 0.2) is 0 Å². The Bertz CT molecular complexity index is 731. The third-order valence-electron chi connectivity index (χ3n) is 4.04. The molecule has 0 aliphatic heterocycles. The van der Waals surface area contributed by atoms with Crippen LogP contribution in [0.4, 0.5) is 0 Å². The van der Waals surface area contributed by atoms with Crippen LogP contribution in [0.3, 0.4) is 0 Å². The van der Waals surface area contributed by atoms with Crippen LogP contribution in [-0.2, 0) is 0 Å². The lowest BCUT2D eigenvalue weighted by Gasteiger charge is -2.05. The summed E-state index contributed by atoms with van der Waals surface area (Å²) in [5, 5.41) is 0. The Hall–Kier alpha value is -1.73. The lowest BCUT2D eigenvalue weighted by molar-refractivity contribution is 1.43. The fourth-order valence-electron chi connectivity index (χ4n) is 2.73. The van der Waals surface area contributed by atoms with Crippen LogP contribution in [-0.4, -0.2) is 0 Å². The molecule has 1 aliphatic rings. The Balaban J connectivity index is 2.14. The molecule has 0 aromatic heterocycles.